The van der Waals surface area contributed by atoms with Crippen molar-refractivity contribution in [3.8, 4) is 0 Å². The molecule has 0 bridgehead atoms. The molecule has 7 heteroatoms. The number of carbonyl (C=O) groups is 1. The molecule has 0 radical (unpaired) electrons. The van der Waals surface area contributed by atoms with Crippen LogP contribution in [0.2, 0.25) is 0 Å². The van der Waals surface area contributed by atoms with Gasteiger partial charge in [-0.2, -0.15) is 0 Å². The van der Waals surface area contributed by atoms with Crippen molar-refractivity contribution in [2.24, 2.45) is 0 Å². The highest BCUT2D eigenvalue weighted by molar-refractivity contribution is 5.92. The van der Waals surface area contributed by atoms with E-state index < -0.39 is 10.7 Å². The number of carbonyl (C=O) groups excluding carboxylic acids is 1. The monoisotopic (exact) mass is 343 g/mol. The van der Waals surface area contributed by atoms with E-state index in [1.54, 1.807) is 12.1 Å². The third-order valence-corrected chi connectivity index (χ3v) is 4.54. The molecule has 1 heterocycles. The summed E-state index contributed by atoms with van der Waals surface area (Å²) in [6, 6.07) is 9.18. The smallest absolute Gasteiger partial charge is 0.270 e. The van der Waals surface area contributed by atoms with E-state index in [0.29, 0.717) is 0 Å². The van der Waals surface area contributed by atoms with Crippen molar-refractivity contribution in [3.05, 3.63) is 69.8 Å². The standard InChI is InChI=1S/C18H18FN3O3/c19-14-6-9-17(20-11-14)18(23)21-15-3-1-2-13(10-15)12-4-7-16(8-5-12)22(24)25/h4-9,11,13,15H,1-3,10H2,(H,21,23)/t13-,15+/m0/s1. The number of nitrogens with one attached hydrogen (secondary N) is 1. The lowest BCUT2D eigenvalue weighted by Crippen LogP contribution is -2.38. The summed E-state index contributed by atoms with van der Waals surface area (Å²) in [6.45, 7) is 0. The van der Waals surface area contributed by atoms with Crippen molar-refractivity contribution in [1.29, 1.82) is 0 Å². The molecule has 1 N–H and O–H groups in total. The van der Waals surface area contributed by atoms with E-state index in [2.05, 4.69) is 10.3 Å². The Kier molecular flexibility index (Phi) is 5.02. The minimum atomic E-state index is -0.479. The van der Waals surface area contributed by atoms with Crippen molar-refractivity contribution in [1.82, 2.24) is 10.3 Å². The largest absolute Gasteiger partial charge is 0.348 e. The van der Waals surface area contributed by atoms with Crippen molar-refractivity contribution >= 4 is 11.6 Å². The minimum absolute atomic E-state index is 0.00768. The molecule has 0 saturated heterocycles. The van der Waals surface area contributed by atoms with E-state index in [9.17, 15) is 19.3 Å². The molecule has 0 aliphatic heterocycles. The first-order chi connectivity index (χ1) is 12.0. The van der Waals surface area contributed by atoms with E-state index >= 15 is 0 Å². The lowest BCUT2D eigenvalue weighted by atomic mass is 9.81. The van der Waals surface area contributed by atoms with Gasteiger partial charge in [0.25, 0.3) is 11.6 Å². The third-order valence-electron chi connectivity index (χ3n) is 4.54. The van der Waals surface area contributed by atoms with Crippen molar-refractivity contribution in [3.63, 3.8) is 0 Å². The molecular formula is C18H18FN3O3. The summed E-state index contributed by atoms with van der Waals surface area (Å²) < 4.78 is 12.9. The lowest BCUT2D eigenvalue weighted by Gasteiger charge is -2.30. The van der Waals surface area contributed by atoms with Crippen LogP contribution in [0.15, 0.2) is 42.6 Å². The van der Waals surface area contributed by atoms with E-state index in [1.165, 1.54) is 24.3 Å². The number of hydrogen-bond acceptors (Lipinski definition) is 4. The molecule has 6 nitrogen and oxygen atoms in total. The molecule has 1 aromatic carbocycles. The van der Waals surface area contributed by atoms with Gasteiger partial charge in [0.15, 0.2) is 0 Å². The Morgan fingerprint density at radius 2 is 1.96 bits per heavy atom. The van der Waals surface area contributed by atoms with Gasteiger partial charge in [0.05, 0.1) is 11.1 Å². The van der Waals surface area contributed by atoms with Crippen LogP contribution in [0.5, 0.6) is 0 Å². The van der Waals surface area contributed by atoms with E-state index in [1.807, 2.05) is 0 Å². The van der Waals surface area contributed by atoms with Crippen LogP contribution in [0.25, 0.3) is 0 Å². The second-order valence-electron chi connectivity index (χ2n) is 6.24. The highest BCUT2D eigenvalue weighted by Gasteiger charge is 2.25. The summed E-state index contributed by atoms with van der Waals surface area (Å²) in [5, 5.41) is 13.7. The maximum Gasteiger partial charge on any atom is 0.270 e. The molecule has 1 fully saturated rings. The summed E-state index contributed by atoms with van der Waals surface area (Å²) in [4.78, 5) is 26.3. The summed E-state index contributed by atoms with van der Waals surface area (Å²) in [5.74, 6) is -0.539. The summed E-state index contributed by atoms with van der Waals surface area (Å²) in [6.07, 6.45) is 4.61. The SMILES string of the molecule is O=C(N[C@@H]1CCC[C@H](c2ccc([N+](=O)[O-])cc2)C1)c1ccc(F)cn1. The second-order valence-corrected chi connectivity index (χ2v) is 6.24. The number of non-ortho nitro benzene ring substituents is 1. The number of benzene rings is 1. The average Bonchev–Trinajstić information content (AvgIpc) is 2.62. The quantitative estimate of drug-likeness (QED) is 0.679. The highest BCUT2D eigenvalue weighted by atomic mass is 19.1. The fraction of sp³-hybridized carbons (Fsp3) is 0.333. The second kappa shape index (κ2) is 7.38. The number of nitro groups is 1. The van der Waals surface area contributed by atoms with Crippen LogP contribution in [0, 0.1) is 15.9 Å². The molecule has 130 valence electrons. The maximum absolute atomic E-state index is 12.9. The Morgan fingerprint density at radius 1 is 1.20 bits per heavy atom. The molecular weight excluding hydrogens is 325 g/mol. The van der Waals surface area contributed by atoms with Crippen LogP contribution in [0.3, 0.4) is 0 Å². The molecule has 1 aliphatic rings. The van der Waals surface area contributed by atoms with Gasteiger partial charge >= 0.3 is 0 Å². The maximum atomic E-state index is 12.9. The van der Waals surface area contributed by atoms with Gasteiger partial charge in [-0.3, -0.25) is 14.9 Å². The number of pyridine rings is 1. The molecule has 1 amide bonds. The van der Waals surface area contributed by atoms with Gasteiger partial charge in [-0.1, -0.05) is 18.6 Å². The fourth-order valence-corrected chi connectivity index (χ4v) is 3.26. The topological polar surface area (TPSA) is 85.1 Å². The van der Waals surface area contributed by atoms with Gasteiger partial charge < -0.3 is 5.32 Å². The molecule has 2 atom stereocenters. The molecule has 25 heavy (non-hydrogen) atoms. The molecule has 0 unspecified atom stereocenters. The van der Waals surface area contributed by atoms with Crippen LogP contribution in [0.1, 0.15) is 47.7 Å². The molecule has 3 rings (SSSR count). The Hall–Kier alpha value is -2.83. The van der Waals surface area contributed by atoms with Gasteiger partial charge in [-0.25, -0.2) is 9.37 Å². The van der Waals surface area contributed by atoms with Crippen LogP contribution in [0.4, 0.5) is 10.1 Å². The first-order valence-electron chi connectivity index (χ1n) is 8.19. The van der Waals surface area contributed by atoms with Gasteiger partial charge in [0.2, 0.25) is 0 Å². The van der Waals surface area contributed by atoms with Crippen LogP contribution in [-0.2, 0) is 0 Å². The van der Waals surface area contributed by atoms with Crippen molar-refractivity contribution in [2.45, 2.75) is 37.6 Å². The van der Waals surface area contributed by atoms with Crippen LogP contribution in [-0.4, -0.2) is 21.9 Å². The normalized spacial score (nSPS) is 20.0. The first-order valence-corrected chi connectivity index (χ1v) is 8.19. The number of halogens is 1. The average molecular weight is 343 g/mol. The van der Waals surface area contributed by atoms with E-state index in [4.69, 9.17) is 0 Å². The fourth-order valence-electron chi connectivity index (χ4n) is 3.26. The number of rotatable bonds is 4. The molecule has 2 aromatic rings. The molecule has 1 aliphatic carbocycles. The lowest BCUT2D eigenvalue weighted by molar-refractivity contribution is -0.384. The number of amides is 1. The number of nitro benzene ring substituents is 1. The summed E-state index contributed by atoms with van der Waals surface area (Å²) in [7, 11) is 0. The molecule has 0 spiro atoms. The predicted octanol–water partition coefficient (Wildman–Crippen LogP) is 3.59. The third kappa shape index (κ3) is 4.17. The van der Waals surface area contributed by atoms with Gasteiger partial charge in [0.1, 0.15) is 11.5 Å². The van der Waals surface area contributed by atoms with E-state index in [0.717, 1.165) is 37.4 Å². The van der Waals surface area contributed by atoms with Crippen molar-refractivity contribution in [2.75, 3.05) is 0 Å². The number of hydrogen-bond donors (Lipinski definition) is 1. The zero-order chi connectivity index (χ0) is 17.8. The zero-order valence-electron chi connectivity index (χ0n) is 13.5. The highest BCUT2D eigenvalue weighted by Crippen LogP contribution is 2.33. The Labute approximate surface area is 144 Å². The van der Waals surface area contributed by atoms with Crippen LogP contribution < -0.4 is 5.32 Å². The van der Waals surface area contributed by atoms with Crippen LogP contribution >= 0.6 is 0 Å². The summed E-state index contributed by atoms with van der Waals surface area (Å²) >= 11 is 0. The molecule has 1 saturated carbocycles. The van der Waals surface area contributed by atoms with Gasteiger partial charge in [-0.15, -0.1) is 0 Å². The Morgan fingerprint density at radius 3 is 2.60 bits per heavy atom. The van der Waals surface area contributed by atoms with Gasteiger partial charge in [-0.05, 0) is 42.9 Å². The number of aromatic nitrogens is 1. The van der Waals surface area contributed by atoms with Gasteiger partial charge in [0, 0.05) is 18.2 Å². The Balaban J connectivity index is 1.63. The Bertz CT molecular complexity index is 762. The predicted molar refractivity (Wildman–Crippen MR) is 89.8 cm³/mol. The number of nitrogens with zero attached hydrogens (tertiary/aromatic N) is 2. The summed E-state index contributed by atoms with van der Waals surface area (Å²) in [5.41, 5.74) is 1.31. The molecule has 1 aromatic heterocycles. The minimum Gasteiger partial charge on any atom is -0.348 e. The van der Waals surface area contributed by atoms with E-state index in [-0.39, 0.29) is 29.2 Å². The van der Waals surface area contributed by atoms with Crippen molar-refractivity contribution < 1.29 is 14.1 Å². The first kappa shape index (κ1) is 17.0. The zero-order valence-corrected chi connectivity index (χ0v) is 13.5.